The Morgan fingerprint density at radius 2 is 1.84 bits per heavy atom. The number of nitrogens with zero attached hydrogens (tertiary/aromatic N) is 4. The van der Waals surface area contributed by atoms with Gasteiger partial charge in [0.05, 0.1) is 16.8 Å². The number of nitrogens with one attached hydrogen (secondary N) is 1. The summed E-state index contributed by atoms with van der Waals surface area (Å²) in [4.78, 5) is 37.7. The van der Waals surface area contributed by atoms with Gasteiger partial charge in [0.15, 0.2) is 0 Å². The Balaban J connectivity index is 1.67. The Bertz CT molecular complexity index is 859. The van der Waals surface area contributed by atoms with Gasteiger partial charge in [0.2, 0.25) is 0 Å². The predicted molar refractivity (Wildman–Crippen MR) is 91.1 cm³/mol. The first kappa shape index (κ1) is 16.9. The van der Waals surface area contributed by atoms with Gasteiger partial charge in [-0.1, -0.05) is 11.6 Å². The molecule has 0 radical (unpaired) electrons. The van der Waals surface area contributed by atoms with Crippen LogP contribution in [0.25, 0.3) is 0 Å². The van der Waals surface area contributed by atoms with Gasteiger partial charge in [-0.05, 0) is 12.1 Å². The number of carbonyl (C=O) groups is 1. The van der Waals surface area contributed by atoms with Crippen molar-refractivity contribution in [2.45, 2.75) is 0 Å². The zero-order valence-electron chi connectivity index (χ0n) is 13.0. The van der Waals surface area contributed by atoms with Crippen LogP contribution in [-0.4, -0.2) is 52.1 Å². The van der Waals surface area contributed by atoms with E-state index in [1.54, 1.807) is 4.90 Å². The van der Waals surface area contributed by atoms with E-state index >= 15 is 0 Å². The molecule has 1 saturated heterocycles. The highest BCUT2D eigenvalue weighted by Crippen LogP contribution is 2.22. The molecule has 0 saturated carbocycles. The normalized spacial score (nSPS) is 14.4. The monoisotopic (exact) mass is 363 g/mol. The molecule has 1 aromatic heterocycles. The van der Waals surface area contributed by atoms with Gasteiger partial charge < -0.3 is 9.80 Å². The van der Waals surface area contributed by atoms with E-state index < -0.39 is 10.5 Å². The van der Waals surface area contributed by atoms with Gasteiger partial charge in [-0.3, -0.25) is 19.7 Å². The van der Waals surface area contributed by atoms with Crippen LogP contribution in [0.3, 0.4) is 0 Å². The van der Waals surface area contributed by atoms with Gasteiger partial charge in [0.25, 0.3) is 17.2 Å². The maximum absolute atomic E-state index is 12.5. The molecule has 25 heavy (non-hydrogen) atoms. The number of aromatic amines is 1. The van der Waals surface area contributed by atoms with Crippen molar-refractivity contribution in [3.8, 4) is 0 Å². The minimum absolute atomic E-state index is 0.0576. The fourth-order valence-corrected chi connectivity index (χ4v) is 2.86. The minimum Gasteiger partial charge on any atom is -0.365 e. The van der Waals surface area contributed by atoms with Crippen LogP contribution in [0.1, 0.15) is 10.4 Å². The zero-order chi connectivity index (χ0) is 18.0. The smallest absolute Gasteiger partial charge is 0.285 e. The lowest BCUT2D eigenvalue weighted by Gasteiger charge is -2.36. The maximum atomic E-state index is 12.5. The molecular weight excluding hydrogens is 350 g/mol. The van der Waals surface area contributed by atoms with E-state index in [4.69, 9.17) is 11.6 Å². The minimum atomic E-state index is -0.508. The van der Waals surface area contributed by atoms with E-state index in [0.29, 0.717) is 37.4 Å². The SMILES string of the molecule is O=C(c1ccc([N+](=O)[O-])cc1)N1CCN(c2cn[nH]c(=O)c2Cl)CC1. The van der Waals surface area contributed by atoms with Crippen LogP contribution in [0.2, 0.25) is 5.02 Å². The first-order valence-electron chi connectivity index (χ1n) is 7.49. The fraction of sp³-hybridized carbons (Fsp3) is 0.267. The summed E-state index contributed by atoms with van der Waals surface area (Å²) in [6.07, 6.45) is 1.48. The summed E-state index contributed by atoms with van der Waals surface area (Å²) in [6.45, 7) is 1.89. The molecule has 1 N–H and O–H groups in total. The lowest BCUT2D eigenvalue weighted by atomic mass is 10.1. The molecule has 9 nitrogen and oxygen atoms in total. The van der Waals surface area contributed by atoms with Gasteiger partial charge in [-0.25, -0.2) is 5.10 Å². The molecular formula is C15H14ClN5O4. The van der Waals surface area contributed by atoms with Crippen LogP contribution in [-0.2, 0) is 0 Å². The molecule has 1 aromatic carbocycles. The third-order valence-electron chi connectivity index (χ3n) is 4.01. The number of H-pyrrole nitrogens is 1. The third kappa shape index (κ3) is 3.45. The molecule has 0 atom stereocenters. The molecule has 1 fully saturated rings. The lowest BCUT2D eigenvalue weighted by molar-refractivity contribution is -0.384. The van der Waals surface area contributed by atoms with E-state index in [2.05, 4.69) is 10.2 Å². The van der Waals surface area contributed by atoms with Crippen LogP contribution in [0.4, 0.5) is 11.4 Å². The summed E-state index contributed by atoms with van der Waals surface area (Å²) < 4.78 is 0. The summed E-state index contributed by atoms with van der Waals surface area (Å²) in [5.41, 5.74) is 0.420. The summed E-state index contributed by atoms with van der Waals surface area (Å²) in [6, 6.07) is 5.52. The molecule has 0 unspecified atom stereocenters. The van der Waals surface area contributed by atoms with Crippen molar-refractivity contribution in [3.63, 3.8) is 0 Å². The second-order valence-corrected chi connectivity index (χ2v) is 5.86. The van der Waals surface area contributed by atoms with Crippen LogP contribution in [0.15, 0.2) is 35.3 Å². The van der Waals surface area contributed by atoms with Crippen molar-refractivity contribution < 1.29 is 9.72 Å². The van der Waals surface area contributed by atoms with Crippen LogP contribution < -0.4 is 10.5 Å². The van der Waals surface area contributed by atoms with Crippen molar-refractivity contribution in [2.24, 2.45) is 0 Å². The number of hydrogen-bond donors (Lipinski definition) is 1. The average molecular weight is 364 g/mol. The molecule has 0 aliphatic carbocycles. The first-order valence-corrected chi connectivity index (χ1v) is 7.87. The summed E-state index contributed by atoms with van der Waals surface area (Å²) in [7, 11) is 0. The van der Waals surface area contributed by atoms with Gasteiger partial charge in [0, 0.05) is 43.9 Å². The second-order valence-electron chi connectivity index (χ2n) is 5.48. The van der Waals surface area contributed by atoms with Crippen molar-refractivity contribution >= 4 is 28.9 Å². The number of piperazine rings is 1. The topological polar surface area (TPSA) is 112 Å². The number of nitro benzene ring substituents is 1. The van der Waals surface area contributed by atoms with Crippen LogP contribution >= 0.6 is 11.6 Å². The third-order valence-corrected chi connectivity index (χ3v) is 4.38. The van der Waals surface area contributed by atoms with Crippen LogP contribution in [0.5, 0.6) is 0 Å². The Labute approximate surface area is 147 Å². The predicted octanol–water partition coefficient (Wildman–Crippen LogP) is 1.29. The first-order chi connectivity index (χ1) is 12.0. The molecule has 2 heterocycles. The average Bonchev–Trinajstić information content (AvgIpc) is 2.64. The number of carbonyl (C=O) groups excluding carboxylic acids is 1. The largest absolute Gasteiger partial charge is 0.365 e. The number of amides is 1. The van der Waals surface area contributed by atoms with Crippen molar-refractivity contribution in [2.75, 3.05) is 31.1 Å². The van der Waals surface area contributed by atoms with E-state index in [1.165, 1.54) is 30.5 Å². The van der Waals surface area contributed by atoms with Crippen LogP contribution in [0, 0.1) is 10.1 Å². The lowest BCUT2D eigenvalue weighted by Crippen LogP contribution is -2.49. The summed E-state index contributed by atoms with van der Waals surface area (Å²) in [5, 5.41) is 16.8. The molecule has 0 bridgehead atoms. The van der Waals surface area contributed by atoms with Crippen molar-refractivity contribution in [1.82, 2.24) is 15.1 Å². The summed E-state index contributed by atoms with van der Waals surface area (Å²) >= 11 is 6.00. The van der Waals surface area contributed by atoms with Gasteiger partial charge in [-0.15, -0.1) is 0 Å². The molecule has 1 aliphatic rings. The number of nitro groups is 1. The number of benzene rings is 1. The summed E-state index contributed by atoms with van der Waals surface area (Å²) in [5.74, 6) is -0.190. The second kappa shape index (κ2) is 6.89. The van der Waals surface area contributed by atoms with E-state index in [0.717, 1.165) is 0 Å². The Hall–Kier alpha value is -2.94. The molecule has 1 aliphatic heterocycles. The highest BCUT2D eigenvalue weighted by atomic mass is 35.5. The van der Waals surface area contributed by atoms with E-state index in [-0.39, 0.29) is 16.6 Å². The highest BCUT2D eigenvalue weighted by molar-refractivity contribution is 6.33. The quantitative estimate of drug-likeness (QED) is 0.649. The Morgan fingerprint density at radius 3 is 2.44 bits per heavy atom. The number of non-ortho nitro benzene ring substituents is 1. The number of halogens is 1. The van der Waals surface area contributed by atoms with E-state index in [9.17, 15) is 19.7 Å². The molecule has 130 valence electrons. The highest BCUT2D eigenvalue weighted by Gasteiger charge is 2.24. The van der Waals surface area contributed by atoms with Gasteiger partial charge in [0.1, 0.15) is 5.02 Å². The van der Waals surface area contributed by atoms with Gasteiger partial charge >= 0.3 is 0 Å². The molecule has 2 aromatic rings. The number of aromatic nitrogens is 2. The Morgan fingerprint density at radius 1 is 1.20 bits per heavy atom. The molecule has 1 amide bonds. The van der Waals surface area contributed by atoms with Crippen molar-refractivity contribution in [3.05, 3.63) is 61.5 Å². The van der Waals surface area contributed by atoms with Crippen molar-refractivity contribution in [1.29, 1.82) is 0 Å². The standard InChI is InChI=1S/C15H14ClN5O4/c16-13-12(9-17-18-14(13)22)19-5-7-20(8-6-19)15(23)10-1-3-11(4-2-10)21(24)25/h1-4,9H,5-8H2,(H,18,22). The van der Waals surface area contributed by atoms with Gasteiger partial charge in [-0.2, -0.15) is 5.10 Å². The molecule has 0 spiro atoms. The Kier molecular flexibility index (Phi) is 4.66. The molecule has 3 rings (SSSR count). The zero-order valence-corrected chi connectivity index (χ0v) is 13.8. The number of anilines is 1. The van der Waals surface area contributed by atoms with E-state index in [1.807, 2.05) is 4.90 Å². The number of hydrogen-bond acceptors (Lipinski definition) is 6. The number of rotatable bonds is 3. The molecule has 10 heteroatoms. The fourth-order valence-electron chi connectivity index (χ4n) is 2.65. The maximum Gasteiger partial charge on any atom is 0.285 e.